The molecule has 2 aromatic rings. The zero-order valence-corrected chi connectivity index (χ0v) is 9.50. The van der Waals surface area contributed by atoms with E-state index in [2.05, 4.69) is 27.9 Å². The fourth-order valence-electron chi connectivity index (χ4n) is 1.56. The third kappa shape index (κ3) is 2.64. The van der Waals surface area contributed by atoms with Crippen molar-refractivity contribution in [1.29, 1.82) is 0 Å². The van der Waals surface area contributed by atoms with Gasteiger partial charge in [0.1, 0.15) is 0 Å². The Morgan fingerprint density at radius 2 is 2.33 bits per heavy atom. The van der Waals surface area contributed by atoms with Crippen LogP contribution in [-0.2, 0) is 6.42 Å². The number of hydrogen-bond donors (Lipinski definition) is 1. The Bertz CT molecular complexity index is 423. The lowest BCUT2D eigenvalue weighted by Crippen LogP contribution is -2.13. The molecule has 0 radical (unpaired) electrons. The number of hydrogen-bond acceptors (Lipinski definition) is 3. The fraction of sp³-hybridized carbons (Fsp3) is 0.250. The van der Waals surface area contributed by atoms with Gasteiger partial charge in [-0.25, -0.2) is 0 Å². The molecule has 0 bridgehead atoms. The van der Waals surface area contributed by atoms with E-state index in [-0.39, 0.29) is 6.04 Å². The number of aryl methyl sites for hydroxylation is 1. The van der Waals surface area contributed by atoms with E-state index in [1.54, 1.807) is 11.3 Å². The minimum atomic E-state index is 0.0481. The Morgan fingerprint density at radius 1 is 1.47 bits per heavy atom. The molecule has 0 fully saturated rings. The third-order valence-corrected chi connectivity index (χ3v) is 3.09. The normalized spacial score (nSPS) is 12.7. The fourth-order valence-corrected chi connectivity index (χ4v) is 2.24. The lowest BCUT2D eigenvalue weighted by atomic mass is 10.0. The van der Waals surface area contributed by atoms with Gasteiger partial charge in [0.2, 0.25) is 0 Å². The molecule has 2 aromatic heterocycles. The summed E-state index contributed by atoms with van der Waals surface area (Å²) in [5.74, 6) is 0. The highest BCUT2D eigenvalue weighted by Gasteiger charge is 2.07. The van der Waals surface area contributed by atoms with Crippen LogP contribution in [0, 0.1) is 6.92 Å². The molecule has 2 heterocycles. The van der Waals surface area contributed by atoms with Gasteiger partial charge in [-0.05, 0) is 46.9 Å². The minimum Gasteiger partial charge on any atom is -0.324 e. The summed E-state index contributed by atoms with van der Waals surface area (Å²) in [7, 11) is 0. The summed E-state index contributed by atoms with van der Waals surface area (Å²) >= 11 is 1.71. The number of rotatable bonds is 3. The molecular formula is C12H14N2S. The Balaban J connectivity index is 2.11. The highest BCUT2D eigenvalue weighted by atomic mass is 32.1. The van der Waals surface area contributed by atoms with Crippen LogP contribution in [0.5, 0.6) is 0 Å². The number of pyridine rings is 1. The second-order valence-electron chi connectivity index (χ2n) is 3.74. The van der Waals surface area contributed by atoms with Gasteiger partial charge in [0, 0.05) is 18.4 Å². The van der Waals surface area contributed by atoms with Crippen LogP contribution >= 0.6 is 11.3 Å². The van der Waals surface area contributed by atoms with Crippen molar-refractivity contribution in [3.63, 3.8) is 0 Å². The average Bonchev–Trinajstić information content (AvgIpc) is 2.70. The number of thiophene rings is 1. The van der Waals surface area contributed by atoms with Crippen LogP contribution in [-0.4, -0.2) is 4.98 Å². The van der Waals surface area contributed by atoms with Crippen molar-refractivity contribution in [2.24, 2.45) is 5.73 Å². The first kappa shape index (κ1) is 10.3. The zero-order valence-electron chi connectivity index (χ0n) is 8.68. The zero-order chi connectivity index (χ0) is 10.7. The molecule has 2 N–H and O–H groups in total. The van der Waals surface area contributed by atoms with E-state index >= 15 is 0 Å². The van der Waals surface area contributed by atoms with Gasteiger partial charge < -0.3 is 5.73 Å². The highest BCUT2D eigenvalue weighted by molar-refractivity contribution is 7.07. The van der Waals surface area contributed by atoms with Gasteiger partial charge in [-0.3, -0.25) is 4.98 Å². The summed E-state index contributed by atoms with van der Waals surface area (Å²) in [4.78, 5) is 4.16. The second-order valence-corrected chi connectivity index (χ2v) is 4.52. The van der Waals surface area contributed by atoms with Gasteiger partial charge in [-0.1, -0.05) is 6.07 Å². The number of aromatic nitrogens is 1. The van der Waals surface area contributed by atoms with E-state index in [0.717, 1.165) is 17.5 Å². The van der Waals surface area contributed by atoms with Gasteiger partial charge in [-0.15, -0.1) is 0 Å². The molecule has 0 saturated heterocycles. The summed E-state index contributed by atoms with van der Waals surface area (Å²) in [6.45, 7) is 2.04. The van der Waals surface area contributed by atoms with Crippen molar-refractivity contribution < 1.29 is 0 Å². The SMILES string of the molecule is Cc1cncc(C(N)Cc2ccsc2)c1. The first-order chi connectivity index (χ1) is 7.25. The Hall–Kier alpha value is -1.19. The van der Waals surface area contributed by atoms with E-state index in [0.29, 0.717) is 0 Å². The van der Waals surface area contributed by atoms with Crippen LogP contribution < -0.4 is 5.73 Å². The summed E-state index contributed by atoms with van der Waals surface area (Å²) in [6, 6.07) is 4.27. The maximum absolute atomic E-state index is 6.12. The highest BCUT2D eigenvalue weighted by Crippen LogP contribution is 2.17. The standard InChI is InChI=1S/C12H14N2S/c1-9-4-11(7-14-6-9)12(13)5-10-2-3-15-8-10/h2-4,6-8,12H,5,13H2,1H3. The molecule has 15 heavy (non-hydrogen) atoms. The third-order valence-electron chi connectivity index (χ3n) is 2.36. The molecule has 0 aliphatic carbocycles. The maximum Gasteiger partial charge on any atom is 0.0351 e. The molecule has 0 aliphatic rings. The van der Waals surface area contributed by atoms with Crippen molar-refractivity contribution in [3.05, 3.63) is 52.0 Å². The topological polar surface area (TPSA) is 38.9 Å². The van der Waals surface area contributed by atoms with Crippen LogP contribution in [0.2, 0.25) is 0 Å². The molecule has 2 rings (SSSR count). The first-order valence-corrected chi connectivity index (χ1v) is 5.88. The predicted octanol–water partition coefficient (Wildman–Crippen LogP) is 2.69. The summed E-state index contributed by atoms with van der Waals surface area (Å²) in [6.07, 6.45) is 4.58. The number of nitrogens with two attached hydrogens (primary N) is 1. The van der Waals surface area contributed by atoms with Gasteiger partial charge in [0.15, 0.2) is 0 Å². The molecule has 0 aliphatic heterocycles. The van der Waals surface area contributed by atoms with Gasteiger partial charge in [0.25, 0.3) is 0 Å². The summed E-state index contributed by atoms with van der Waals surface area (Å²) < 4.78 is 0. The molecule has 0 spiro atoms. The molecule has 0 aromatic carbocycles. The summed E-state index contributed by atoms with van der Waals surface area (Å²) in [5.41, 5.74) is 9.69. The Morgan fingerprint density at radius 3 is 3.00 bits per heavy atom. The van der Waals surface area contributed by atoms with Crippen molar-refractivity contribution >= 4 is 11.3 Å². The quantitative estimate of drug-likeness (QED) is 0.860. The molecule has 0 amide bonds. The minimum absolute atomic E-state index is 0.0481. The van der Waals surface area contributed by atoms with Crippen molar-refractivity contribution in [1.82, 2.24) is 4.98 Å². The molecule has 3 heteroatoms. The second kappa shape index (κ2) is 4.55. The lowest BCUT2D eigenvalue weighted by Gasteiger charge is -2.10. The van der Waals surface area contributed by atoms with Gasteiger partial charge in [-0.2, -0.15) is 11.3 Å². The maximum atomic E-state index is 6.12. The van der Waals surface area contributed by atoms with Crippen molar-refractivity contribution in [2.45, 2.75) is 19.4 Å². The molecule has 0 saturated carbocycles. The van der Waals surface area contributed by atoms with Gasteiger partial charge in [0.05, 0.1) is 0 Å². The van der Waals surface area contributed by atoms with E-state index < -0.39 is 0 Å². The summed E-state index contributed by atoms with van der Waals surface area (Å²) in [5, 5.41) is 4.22. The molecule has 78 valence electrons. The lowest BCUT2D eigenvalue weighted by molar-refractivity contribution is 0.718. The average molecular weight is 218 g/mol. The predicted molar refractivity (Wildman–Crippen MR) is 63.9 cm³/mol. The van der Waals surface area contributed by atoms with E-state index in [1.165, 1.54) is 5.56 Å². The van der Waals surface area contributed by atoms with Crippen LogP contribution in [0.3, 0.4) is 0 Å². The molecule has 2 nitrogen and oxygen atoms in total. The largest absolute Gasteiger partial charge is 0.324 e. The first-order valence-electron chi connectivity index (χ1n) is 4.94. The van der Waals surface area contributed by atoms with E-state index in [9.17, 15) is 0 Å². The number of nitrogens with zero attached hydrogens (tertiary/aromatic N) is 1. The van der Waals surface area contributed by atoms with Crippen molar-refractivity contribution in [2.75, 3.05) is 0 Å². The Kier molecular flexibility index (Phi) is 3.14. The van der Waals surface area contributed by atoms with Crippen molar-refractivity contribution in [3.8, 4) is 0 Å². The van der Waals surface area contributed by atoms with Crippen LogP contribution in [0.25, 0.3) is 0 Å². The Labute approximate surface area is 93.8 Å². The van der Waals surface area contributed by atoms with Crippen LogP contribution in [0.15, 0.2) is 35.3 Å². The smallest absolute Gasteiger partial charge is 0.0351 e. The molecule has 1 atom stereocenters. The van der Waals surface area contributed by atoms with Crippen LogP contribution in [0.4, 0.5) is 0 Å². The van der Waals surface area contributed by atoms with E-state index in [4.69, 9.17) is 5.73 Å². The molecular weight excluding hydrogens is 204 g/mol. The van der Waals surface area contributed by atoms with Crippen LogP contribution in [0.1, 0.15) is 22.7 Å². The van der Waals surface area contributed by atoms with E-state index in [1.807, 2.05) is 19.3 Å². The molecule has 1 unspecified atom stereocenters. The van der Waals surface area contributed by atoms with Gasteiger partial charge >= 0.3 is 0 Å². The monoisotopic (exact) mass is 218 g/mol.